The van der Waals surface area contributed by atoms with Gasteiger partial charge in [-0.25, -0.2) is 18.7 Å². The number of aromatic nitrogens is 3. The SMILES string of the molecule is C.Cc1cc(Nc2cc(C(F)F)ccn2)nc(-c2ccc([C@](C)(O)C3CCC(C(=O)OC(C)(C)C)CC3)nc2)c1. The lowest BCUT2D eigenvalue weighted by atomic mass is 9.73. The number of nitrogens with zero attached hydrogens (tertiary/aromatic N) is 3. The number of hydrogen-bond donors (Lipinski definition) is 2. The Morgan fingerprint density at radius 3 is 2.33 bits per heavy atom. The van der Waals surface area contributed by atoms with E-state index in [2.05, 4.69) is 20.3 Å². The Morgan fingerprint density at radius 2 is 1.73 bits per heavy atom. The summed E-state index contributed by atoms with van der Waals surface area (Å²) in [5.74, 6) is 0.415. The Kier molecular flexibility index (Phi) is 9.61. The second kappa shape index (κ2) is 12.4. The molecular formula is C31H40F2N4O3. The predicted octanol–water partition coefficient (Wildman–Crippen LogP) is 7.52. The van der Waals surface area contributed by atoms with E-state index in [0.29, 0.717) is 42.9 Å². The molecule has 0 aromatic carbocycles. The summed E-state index contributed by atoms with van der Waals surface area (Å²) in [6.07, 6.45) is 3.18. The number of carbonyl (C=O) groups excluding carboxylic acids is 1. The molecule has 1 aliphatic carbocycles. The maximum absolute atomic E-state index is 13.1. The maximum atomic E-state index is 13.1. The fourth-order valence-electron chi connectivity index (χ4n) is 4.99. The van der Waals surface area contributed by atoms with Gasteiger partial charge in [-0.05, 0) is 108 Å². The van der Waals surface area contributed by atoms with Gasteiger partial charge in [-0.3, -0.25) is 9.78 Å². The van der Waals surface area contributed by atoms with E-state index in [1.165, 1.54) is 18.3 Å². The minimum atomic E-state index is -2.59. The molecule has 1 saturated carbocycles. The van der Waals surface area contributed by atoms with Crippen LogP contribution >= 0.6 is 0 Å². The monoisotopic (exact) mass is 554 g/mol. The molecule has 0 spiro atoms. The van der Waals surface area contributed by atoms with Gasteiger partial charge in [0.15, 0.2) is 0 Å². The van der Waals surface area contributed by atoms with Crippen LogP contribution in [0.3, 0.4) is 0 Å². The standard InChI is InChI=1S/C30H36F2N4O3.CH4/c1-18-14-23(35-26(15-18)36-25-16-20(27(31)32)12-13-33-25)21-8-11-24(34-17-21)30(5,38)22-9-6-19(7-10-22)28(37)39-29(2,3)4;/h8,11-17,19,22,27,38H,6-7,9-10H2,1-5H3,(H,33,35,36);1H4/t19?,22?,30-;/m1./s1. The molecular weight excluding hydrogens is 514 g/mol. The zero-order valence-corrected chi connectivity index (χ0v) is 23.0. The number of aliphatic hydroxyl groups is 1. The van der Waals surface area contributed by atoms with Crippen molar-refractivity contribution in [3.05, 3.63) is 65.6 Å². The van der Waals surface area contributed by atoms with Crippen molar-refractivity contribution in [3.63, 3.8) is 0 Å². The van der Waals surface area contributed by atoms with E-state index < -0.39 is 17.6 Å². The number of aryl methyl sites for hydroxylation is 1. The number of alkyl halides is 2. The molecule has 9 heteroatoms. The van der Waals surface area contributed by atoms with Crippen LogP contribution in [-0.4, -0.2) is 31.6 Å². The summed E-state index contributed by atoms with van der Waals surface area (Å²) in [5.41, 5.74) is 1.11. The number of hydrogen-bond acceptors (Lipinski definition) is 7. The normalized spacial score (nSPS) is 18.9. The molecule has 216 valence electrons. The fraction of sp³-hybridized carbons (Fsp3) is 0.484. The minimum absolute atomic E-state index is 0. The van der Waals surface area contributed by atoms with Crippen molar-refractivity contribution in [1.82, 2.24) is 15.0 Å². The summed E-state index contributed by atoms with van der Waals surface area (Å²) >= 11 is 0. The van der Waals surface area contributed by atoms with E-state index in [0.717, 1.165) is 11.1 Å². The summed E-state index contributed by atoms with van der Waals surface area (Å²) in [7, 11) is 0. The molecule has 3 aromatic rings. The average Bonchev–Trinajstić information content (AvgIpc) is 2.87. The molecule has 40 heavy (non-hydrogen) atoms. The Morgan fingerprint density at radius 1 is 1.02 bits per heavy atom. The van der Waals surface area contributed by atoms with Gasteiger partial charge < -0.3 is 15.2 Å². The van der Waals surface area contributed by atoms with E-state index in [1.54, 1.807) is 25.3 Å². The lowest BCUT2D eigenvalue weighted by Crippen LogP contribution is -2.38. The topological polar surface area (TPSA) is 97.2 Å². The molecule has 7 nitrogen and oxygen atoms in total. The van der Waals surface area contributed by atoms with Crippen LogP contribution in [0.25, 0.3) is 11.3 Å². The van der Waals surface area contributed by atoms with Crippen molar-refractivity contribution in [1.29, 1.82) is 0 Å². The van der Waals surface area contributed by atoms with E-state index >= 15 is 0 Å². The van der Waals surface area contributed by atoms with Crippen molar-refractivity contribution in [3.8, 4) is 11.3 Å². The number of rotatable bonds is 7. The highest BCUT2D eigenvalue weighted by molar-refractivity contribution is 5.73. The van der Waals surface area contributed by atoms with Crippen LogP contribution in [0.4, 0.5) is 20.4 Å². The Hall–Kier alpha value is -3.46. The summed E-state index contributed by atoms with van der Waals surface area (Å²) in [5, 5.41) is 14.4. The zero-order valence-electron chi connectivity index (χ0n) is 23.0. The molecule has 0 aliphatic heterocycles. The zero-order chi connectivity index (χ0) is 28.4. The minimum Gasteiger partial charge on any atom is -0.460 e. The number of pyridine rings is 3. The van der Waals surface area contributed by atoms with Gasteiger partial charge in [-0.1, -0.05) is 7.43 Å². The summed E-state index contributed by atoms with van der Waals surface area (Å²) in [4.78, 5) is 25.8. The van der Waals surface area contributed by atoms with Gasteiger partial charge in [-0.15, -0.1) is 0 Å². The van der Waals surface area contributed by atoms with Crippen LogP contribution in [0.15, 0.2) is 48.8 Å². The van der Waals surface area contributed by atoms with Gasteiger partial charge in [0, 0.05) is 23.5 Å². The lowest BCUT2D eigenvalue weighted by Gasteiger charge is -2.37. The van der Waals surface area contributed by atoms with Gasteiger partial charge in [0.05, 0.1) is 17.3 Å². The third kappa shape index (κ3) is 7.59. The Bertz CT molecular complexity index is 1300. The number of anilines is 2. The highest BCUT2D eigenvalue weighted by Crippen LogP contribution is 2.41. The van der Waals surface area contributed by atoms with Crippen LogP contribution in [0.5, 0.6) is 0 Å². The van der Waals surface area contributed by atoms with Crippen molar-refractivity contribution in [2.75, 3.05) is 5.32 Å². The van der Waals surface area contributed by atoms with E-state index in [-0.39, 0.29) is 36.6 Å². The number of esters is 1. The molecule has 3 aromatic heterocycles. The first-order valence-electron chi connectivity index (χ1n) is 13.2. The number of carbonyl (C=O) groups is 1. The molecule has 0 saturated heterocycles. The first kappa shape index (κ1) is 31.1. The molecule has 3 heterocycles. The molecule has 0 unspecified atom stereocenters. The van der Waals surface area contributed by atoms with Crippen LogP contribution in [0.1, 0.15) is 84.1 Å². The number of ether oxygens (including phenoxy) is 1. The van der Waals surface area contributed by atoms with Crippen molar-refractivity contribution >= 4 is 17.6 Å². The Labute approximate surface area is 235 Å². The summed E-state index contributed by atoms with van der Waals surface area (Å²) in [6, 6.07) is 9.96. The third-order valence-corrected chi connectivity index (χ3v) is 7.10. The van der Waals surface area contributed by atoms with Gasteiger partial charge >= 0.3 is 5.97 Å². The first-order chi connectivity index (χ1) is 18.3. The van der Waals surface area contributed by atoms with Crippen LogP contribution in [0, 0.1) is 18.8 Å². The molecule has 1 fully saturated rings. The second-order valence-corrected chi connectivity index (χ2v) is 11.5. The van der Waals surface area contributed by atoms with Crippen molar-refractivity contribution in [2.45, 2.75) is 85.4 Å². The lowest BCUT2D eigenvalue weighted by molar-refractivity contribution is -0.162. The largest absolute Gasteiger partial charge is 0.460 e. The first-order valence-corrected chi connectivity index (χ1v) is 13.2. The van der Waals surface area contributed by atoms with Gasteiger partial charge in [0.2, 0.25) is 0 Å². The number of halogens is 2. The summed E-state index contributed by atoms with van der Waals surface area (Å²) in [6.45, 7) is 9.30. The van der Waals surface area contributed by atoms with Gasteiger partial charge in [0.25, 0.3) is 6.43 Å². The molecule has 0 bridgehead atoms. The fourth-order valence-corrected chi connectivity index (χ4v) is 4.99. The van der Waals surface area contributed by atoms with Gasteiger partial charge in [0.1, 0.15) is 22.8 Å². The van der Waals surface area contributed by atoms with E-state index in [4.69, 9.17) is 4.74 Å². The molecule has 0 amide bonds. The quantitative estimate of drug-likeness (QED) is 0.292. The molecule has 0 radical (unpaired) electrons. The van der Waals surface area contributed by atoms with Crippen molar-refractivity contribution < 1.29 is 23.4 Å². The maximum Gasteiger partial charge on any atom is 0.309 e. The van der Waals surface area contributed by atoms with Crippen LogP contribution < -0.4 is 5.32 Å². The highest BCUT2D eigenvalue weighted by atomic mass is 19.3. The second-order valence-electron chi connectivity index (χ2n) is 11.5. The molecule has 4 rings (SSSR count). The smallest absolute Gasteiger partial charge is 0.309 e. The Balaban J connectivity index is 0.00000441. The van der Waals surface area contributed by atoms with E-state index in [9.17, 15) is 18.7 Å². The number of nitrogens with one attached hydrogen (secondary N) is 1. The molecule has 1 aliphatic rings. The molecule has 2 N–H and O–H groups in total. The summed E-state index contributed by atoms with van der Waals surface area (Å²) < 4.78 is 31.7. The van der Waals surface area contributed by atoms with Crippen molar-refractivity contribution in [2.24, 2.45) is 11.8 Å². The molecule has 1 atom stereocenters. The average molecular weight is 555 g/mol. The van der Waals surface area contributed by atoms with E-state index in [1.807, 2.05) is 39.8 Å². The highest BCUT2D eigenvalue weighted by Gasteiger charge is 2.39. The van der Waals surface area contributed by atoms with Crippen LogP contribution in [-0.2, 0) is 15.1 Å². The third-order valence-electron chi connectivity index (χ3n) is 7.10. The van der Waals surface area contributed by atoms with Gasteiger partial charge in [-0.2, -0.15) is 0 Å². The predicted molar refractivity (Wildman–Crippen MR) is 152 cm³/mol. The van der Waals surface area contributed by atoms with Crippen LogP contribution in [0.2, 0.25) is 0 Å².